The molecule has 1 aromatic rings. The maximum atomic E-state index is 10.5. The van der Waals surface area contributed by atoms with E-state index in [4.69, 9.17) is 0 Å². The van der Waals surface area contributed by atoms with Gasteiger partial charge >= 0.3 is 0 Å². The zero-order chi connectivity index (χ0) is 8.85. The van der Waals surface area contributed by atoms with Crippen LogP contribution in [0.2, 0.25) is 0 Å². The van der Waals surface area contributed by atoms with Gasteiger partial charge in [-0.2, -0.15) is 0 Å². The molecule has 0 atom stereocenters. The molecule has 11 heavy (non-hydrogen) atoms. The number of carbonyl (C=O) groups is 1. The Labute approximate surface area is 66.4 Å². The number of nitrogens with zero attached hydrogens (tertiary/aromatic N) is 1. The van der Waals surface area contributed by atoms with Gasteiger partial charge in [0.05, 0.1) is 0 Å². The van der Waals surface area contributed by atoms with Crippen molar-refractivity contribution in [3.05, 3.63) is 17.5 Å². The van der Waals surface area contributed by atoms with Gasteiger partial charge < -0.3 is 4.52 Å². The lowest BCUT2D eigenvalue weighted by molar-refractivity contribution is 0.100. The van der Waals surface area contributed by atoms with Crippen LogP contribution in [0.5, 0.6) is 0 Å². The Morgan fingerprint density at radius 2 is 2.09 bits per heavy atom. The molecule has 0 aliphatic heterocycles. The number of rotatable bonds is 1. The van der Waals surface area contributed by atoms with E-state index in [2.05, 4.69) is 9.68 Å². The van der Waals surface area contributed by atoms with Crippen molar-refractivity contribution in [2.24, 2.45) is 0 Å². The second-order valence-electron chi connectivity index (χ2n) is 1.88. The smallest absolute Gasteiger partial charge is 0.181 e. The number of aromatic nitrogens is 1. The lowest BCUT2D eigenvalue weighted by Crippen LogP contribution is -1.89. The Morgan fingerprint density at radius 3 is 2.27 bits per heavy atom. The van der Waals surface area contributed by atoms with Crippen LogP contribution in [0.4, 0.5) is 0 Å². The zero-order valence-corrected chi connectivity index (χ0v) is 7.34. The van der Waals surface area contributed by atoms with Crippen molar-refractivity contribution < 1.29 is 9.32 Å². The molecule has 0 aliphatic carbocycles. The van der Waals surface area contributed by atoms with Crippen molar-refractivity contribution >= 4 is 5.78 Å². The number of hydrogen-bond acceptors (Lipinski definition) is 3. The largest absolute Gasteiger partial charge is 0.361 e. The molecule has 0 unspecified atom stereocenters. The molecule has 0 bridgehead atoms. The molecule has 1 rings (SSSR count). The lowest BCUT2D eigenvalue weighted by Gasteiger charge is -1.76. The van der Waals surface area contributed by atoms with Crippen molar-refractivity contribution in [3.63, 3.8) is 0 Å². The Hall–Kier alpha value is -1.12. The van der Waals surface area contributed by atoms with Gasteiger partial charge in [-0.25, -0.2) is 0 Å². The van der Waals surface area contributed by atoms with Gasteiger partial charge in [0.15, 0.2) is 5.78 Å². The molecule has 1 heterocycles. The normalized spacial score (nSPS) is 8.36. The highest BCUT2D eigenvalue weighted by molar-refractivity contribution is 5.91. The topological polar surface area (TPSA) is 43.1 Å². The molecule has 0 N–H and O–H groups in total. The Balaban J connectivity index is 0.000000461. The first-order valence-corrected chi connectivity index (χ1v) is 3.64. The number of hydrogen-bond donors (Lipinski definition) is 0. The van der Waals surface area contributed by atoms with E-state index in [-0.39, 0.29) is 5.78 Å². The van der Waals surface area contributed by atoms with E-state index >= 15 is 0 Å². The third-order valence-electron chi connectivity index (χ3n) is 0.989. The first kappa shape index (κ1) is 9.88. The fourth-order valence-corrected chi connectivity index (χ4v) is 0.532. The monoisotopic (exact) mass is 155 g/mol. The quantitative estimate of drug-likeness (QED) is 0.584. The number of ketones is 1. The van der Waals surface area contributed by atoms with Gasteiger partial charge in [0.2, 0.25) is 0 Å². The molecule has 1 aromatic heterocycles. The number of carbonyl (C=O) groups excluding carboxylic acids is 1. The predicted molar refractivity (Wildman–Crippen MR) is 42.6 cm³/mol. The van der Waals surface area contributed by atoms with Crippen molar-refractivity contribution in [2.75, 3.05) is 0 Å². The van der Waals surface area contributed by atoms with Crippen LogP contribution in [0.1, 0.15) is 37.0 Å². The molecule has 0 aromatic carbocycles. The van der Waals surface area contributed by atoms with Gasteiger partial charge in [-0.05, 0) is 6.92 Å². The third-order valence-corrected chi connectivity index (χ3v) is 0.989. The van der Waals surface area contributed by atoms with Crippen molar-refractivity contribution in [1.82, 2.24) is 5.16 Å². The number of Topliss-reactive ketones (excluding diaryl/α,β-unsaturated/α-hetero) is 1. The van der Waals surface area contributed by atoms with Gasteiger partial charge in [-0.1, -0.05) is 19.0 Å². The van der Waals surface area contributed by atoms with Gasteiger partial charge in [-0.3, -0.25) is 4.79 Å². The van der Waals surface area contributed by atoms with Crippen LogP contribution in [0, 0.1) is 6.92 Å². The van der Waals surface area contributed by atoms with E-state index in [0.717, 1.165) is 0 Å². The van der Waals surface area contributed by atoms with Crippen LogP contribution in [-0.2, 0) is 0 Å². The van der Waals surface area contributed by atoms with Crippen molar-refractivity contribution in [1.29, 1.82) is 0 Å². The van der Waals surface area contributed by atoms with Crippen molar-refractivity contribution in [2.45, 2.75) is 27.7 Å². The molecule has 0 fully saturated rings. The zero-order valence-electron chi connectivity index (χ0n) is 7.34. The average molecular weight is 155 g/mol. The maximum absolute atomic E-state index is 10.5. The molecule has 0 saturated carbocycles. The van der Waals surface area contributed by atoms with E-state index in [1.807, 2.05) is 13.8 Å². The van der Waals surface area contributed by atoms with E-state index in [9.17, 15) is 4.79 Å². The highest BCUT2D eigenvalue weighted by atomic mass is 16.5. The first-order valence-electron chi connectivity index (χ1n) is 3.64. The minimum absolute atomic E-state index is 0.0631. The van der Waals surface area contributed by atoms with Gasteiger partial charge in [0.1, 0.15) is 11.5 Å². The second-order valence-corrected chi connectivity index (χ2v) is 1.88. The Bertz CT molecular complexity index is 228. The molecule has 3 nitrogen and oxygen atoms in total. The van der Waals surface area contributed by atoms with Crippen LogP contribution >= 0.6 is 0 Å². The van der Waals surface area contributed by atoms with Crippen LogP contribution in [-0.4, -0.2) is 10.9 Å². The summed E-state index contributed by atoms with van der Waals surface area (Å²) >= 11 is 0. The Morgan fingerprint density at radius 1 is 1.55 bits per heavy atom. The Kier molecular flexibility index (Phi) is 4.18. The summed E-state index contributed by atoms with van der Waals surface area (Å²) in [6.07, 6.45) is 0. The summed E-state index contributed by atoms with van der Waals surface area (Å²) in [5.41, 5.74) is 0.396. The summed E-state index contributed by atoms with van der Waals surface area (Å²) in [7, 11) is 0. The molecule has 0 aliphatic rings. The minimum Gasteiger partial charge on any atom is -0.361 e. The highest BCUT2D eigenvalue weighted by Gasteiger charge is 2.02. The summed E-state index contributed by atoms with van der Waals surface area (Å²) in [4.78, 5) is 10.5. The summed E-state index contributed by atoms with van der Waals surface area (Å²) in [6, 6.07) is 1.61. The molecular formula is C8H13NO2. The molecule has 0 saturated heterocycles. The maximum Gasteiger partial charge on any atom is 0.181 e. The van der Waals surface area contributed by atoms with Crippen LogP contribution in [0.25, 0.3) is 0 Å². The fourth-order valence-electron chi connectivity index (χ4n) is 0.532. The van der Waals surface area contributed by atoms with Gasteiger partial charge in [-0.15, -0.1) is 0 Å². The average Bonchev–Trinajstić information content (AvgIpc) is 2.40. The van der Waals surface area contributed by atoms with Crippen LogP contribution < -0.4 is 0 Å². The number of aryl methyl sites for hydroxylation is 1. The molecule has 3 heteroatoms. The second kappa shape index (κ2) is 4.66. The van der Waals surface area contributed by atoms with Crippen LogP contribution in [0.3, 0.4) is 0 Å². The standard InChI is InChI=1S/C6H7NO2.C2H6/c1-4-3-6(5(2)8)7-9-4;1-2/h3H,1-2H3;1-2H3. The van der Waals surface area contributed by atoms with E-state index in [1.165, 1.54) is 6.92 Å². The van der Waals surface area contributed by atoms with Gasteiger partial charge in [0, 0.05) is 13.0 Å². The molecule has 62 valence electrons. The SMILES string of the molecule is CC.CC(=O)c1cc(C)on1. The summed E-state index contributed by atoms with van der Waals surface area (Å²) in [5, 5.41) is 3.49. The van der Waals surface area contributed by atoms with E-state index in [0.29, 0.717) is 11.5 Å². The predicted octanol–water partition coefficient (Wildman–Crippen LogP) is 2.21. The molecular weight excluding hydrogens is 142 g/mol. The fraction of sp³-hybridized carbons (Fsp3) is 0.500. The van der Waals surface area contributed by atoms with Gasteiger partial charge in [0.25, 0.3) is 0 Å². The van der Waals surface area contributed by atoms with E-state index < -0.39 is 0 Å². The minimum atomic E-state index is -0.0631. The highest BCUT2D eigenvalue weighted by Crippen LogP contribution is 2.00. The lowest BCUT2D eigenvalue weighted by atomic mass is 10.3. The summed E-state index contributed by atoms with van der Waals surface area (Å²) < 4.78 is 4.65. The third kappa shape index (κ3) is 2.98. The molecule has 0 spiro atoms. The van der Waals surface area contributed by atoms with Crippen LogP contribution in [0.15, 0.2) is 10.6 Å². The molecule has 0 radical (unpaired) electrons. The summed E-state index contributed by atoms with van der Waals surface area (Å²) in [6.45, 7) is 7.21. The first-order chi connectivity index (χ1) is 5.20. The summed E-state index contributed by atoms with van der Waals surface area (Å²) in [5.74, 6) is 0.604. The van der Waals surface area contributed by atoms with Crippen molar-refractivity contribution in [3.8, 4) is 0 Å². The van der Waals surface area contributed by atoms with E-state index in [1.54, 1.807) is 13.0 Å². The molecule has 0 amide bonds.